The Kier molecular flexibility index (Phi) is 1.90. The van der Waals surface area contributed by atoms with Gasteiger partial charge in [-0.05, 0) is 0 Å². The number of rotatable bonds is 2. The van der Waals surface area contributed by atoms with Crippen molar-refractivity contribution in [1.29, 1.82) is 0 Å². The van der Waals surface area contributed by atoms with Gasteiger partial charge in [-0.25, -0.2) is 9.59 Å². The number of hydrogen-bond donors (Lipinski definition) is 4. The summed E-state index contributed by atoms with van der Waals surface area (Å²) in [5.74, 6) is -3.56. The minimum atomic E-state index is -1.32. The summed E-state index contributed by atoms with van der Waals surface area (Å²) in [6.45, 7) is 0. The summed E-state index contributed by atoms with van der Waals surface area (Å²) < 4.78 is 0. The molecule has 0 saturated heterocycles. The molecule has 1 aliphatic rings. The number of carboxylic acids is 2. The number of hydrogen-bond acceptors (Lipinski definition) is 6. The summed E-state index contributed by atoms with van der Waals surface area (Å²) in [6.07, 6.45) is 0. The summed E-state index contributed by atoms with van der Waals surface area (Å²) >= 11 is 0. The summed E-state index contributed by atoms with van der Waals surface area (Å²) in [5, 5.41) is 23.0. The molecule has 1 heterocycles. The van der Waals surface area contributed by atoms with Crippen molar-refractivity contribution in [3.8, 4) is 0 Å². The van der Waals surface area contributed by atoms with Crippen molar-refractivity contribution in [2.75, 3.05) is 0 Å². The molecule has 0 bridgehead atoms. The van der Waals surface area contributed by atoms with Crippen LogP contribution in [0.1, 0.15) is 0 Å². The molecular formula is C4H4N4O4. The van der Waals surface area contributed by atoms with Crippen molar-refractivity contribution in [2.45, 2.75) is 0 Å². The highest BCUT2D eigenvalue weighted by molar-refractivity contribution is 6.39. The molecule has 0 aromatic heterocycles. The Labute approximate surface area is 65.6 Å². The van der Waals surface area contributed by atoms with Crippen LogP contribution in [-0.4, -0.2) is 33.8 Å². The van der Waals surface area contributed by atoms with Crippen LogP contribution in [0.2, 0.25) is 0 Å². The van der Waals surface area contributed by atoms with Crippen LogP contribution in [0.5, 0.6) is 0 Å². The van der Waals surface area contributed by atoms with Crippen LogP contribution in [-0.2, 0) is 9.59 Å². The fraction of sp³-hybridized carbons (Fsp3) is 0. The minimum absolute atomic E-state index is 0.458. The lowest BCUT2D eigenvalue weighted by molar-refractivity contribution is -0.131. The van der Waals surface area contributed by atoms with E-state index < -0.39 is 23.6 Å². The molecule has 64 valence electrons. The molecule has 8 nitrogen and oxygen atoms in total. The fourth-order valence-electron chi connectivity index (χ4n) is 0.459. The number of nitrogens with zero attached hydrogens (tertiary/aromatic N) is 2. The van der Waals surface area contributed by atoms with Gasteiger partial charge < -0.3 is 10.2 Å². The van der Waals surface area contributed by atoms with E-state index in [9.17, 15) is 9.59 Å². The second-order valence-electron chi connectivity index (χ2n) is 1.75. The number of aliphatic carboxylic acids is 2. The number of nitrogens with one attached hydrogen (secondary N) is 2. The molecule has 12 heavy (non-hydrogen) atoms. The lowest BCUT2D eigenvalue weighted by Crippen LogP contribution is -2.40. The molecule has 0 radical (unpaired) electrons. The maximum absolute atomic E-state index is 10.2. The SMILES string of the molecule is O=C(O)C1=NNC(C(=O)O)=NN1. The first kappa shape index (κ1) is 7.98. The van der Waals surface area contributed by atoms with Crippen LogP contribution in [0.15, 0.2) is 10.2 Å². The maximum Gasteiger partial charge on any atom is 0.375 e. The Balaban J connectivity index is 2.66. The molecule has 0 spiro atoms. The Bertz CT molecular complexity index is 263. The molecule has 0 fully saturated rings. The van der Waals surface area contributed by atoms with Gasteiger partial charge in [-0.3, -0.25) is 10.9 Å². The first-order valence-electron chi connectivity index (χ1n) is 2.75. The molecule has 0 aromatic carbocycles. The predicted octanol–water partition coefficient (Wildman–Crippen LogP) is -2.02. The quantitative estimate of drug-likeness (QED) is 0.381. The van der Waals surface area contributed by atoms with Crippen molar-refractivity contribution in [1.82, 2.24) is 10.9 Å². The Morgan fingerprint density at radius 1 is 1.00 bits per heavy atom. The topological polar surface area (TPSA) is 123 Å². The lowest BCUT2D eigenvalue weighted by Gasteiger charge is -2.08. The van der Waals surface area contributed by atoms with E-state index >= 15 is 0 Å². The van der Waals surface area contributed by atoms with E-state index in [1.54, 1.807) is 0 Å². The van der Waals surface area contributed by atoms with Crippen molar-refractivity contribution in [2.24, 2.45) is 10.2 Å². The Morgan fingerprint density at radius 3 is 1.50 bits per heavy atom. The molecule has 0 aromatic rings. The van der Waals surface area contributed by atoms with E-state index in [-0.39, 0.29) is 0 Å². The van der Waals surface area contributed by atoms with Crippen LogP contribution in [0.4, 0.5) is 0 Å². The van der Waals surface area contributed by atoms with Crippen LogP contribution in [0.25, 0.3) is 0 Å². The first-order valence-corrected chi connectivity index (χ1v) is 2.75. The molecule has 0 aliphatic carbocycles. The molecule has 4 N–H and O–H groups in total. The van der Waals surface area contributed by atoms with E-state index in [4.69, 9.17) is 10.2 Å². The minimum Gasteiger partial charge on any atom is -0.475 e. The van der Waals surface area contributed by atoms with E-state index in [1.165, 1.54) is 0 Å². The zero-order valence-electron chi connectivity index (χ0n) is 5.61. The van der Waals surface area contributed by atoms with Gasteiger partial charge in [-0.1, -0.05) is 0 Å². The lowest BCUT2D eigenvalue weighted by atomic mass is 10.6. The van der Waals surface area contributed by atoms with Gasteiger partial charge >= 0.3 is 11.9 Å². The second kappa shape index (κ2) is 2.86. The summed E-state index contributed by atoms with van der Waals surface area (Å²) in [5.41, 5.74) is 3.89. The zero-order chi connectivity index (χ0) is 9.14. The maximum atomic E-state index is 10.2. The largest absolute Gasteiger partial charge is 0.475 e. The third-order valence-corrected chi connectivity index (χ3v) is 0.952. The summed E-state index contributed by atoms with van der Waals surface area (Å²) in [4.78, 5) is 20.4. The predicted molar refractivity (Wildman–Crippen MR) is 36.4 cm³/mol. The average molecular weight is 172 g/mol. The summed E-state index contributed by atoms with van der Waals surface area (Å²) in [7, 11) is 0. The normalized spacial score (nSPS) is 15.0. The van der Waals surface area contributed by atoms with Crippen LogP contribution < -0.4 is 10.9 Å². The van der Waals surface area contributed by atoms with E-state index in [1.807, 2.05) is 10.9 Å². The van der Waals surface area contributed by atoms with Crippen LogP contribution >= 0.6 is 0 Å². The Morgan fingerprint density at radius 2 is 1.33 bits per heavy atom. The molecule has 0 saturated carbocycles. The van der Waals surface area contributed by atoms with Crippen molar-refractivity contribution in [3.05, 3.63) is 0 Å². The van der Waals surface area contributed by atoms with Gasteiger partial charge in [0.25, 0.3) is 11.7 Å². The van der Waals surface area contributed by atoms with Crippen molar-refractivity contribution < 1.29 is 19.8 Å². The molecule has 1 aliphatic heterocycles. The smallest absolute Gasteiger partial charge is 0.375 e. The number of carbonyl (C=O) groups is 2. The molecule has 1 rings (SSSR count). The number of carboxylic acid groups (broad SMARTS) is 2. The summed E-state index contributed by atoms with van der Waals surface area (Å²) in [6, 6.07) is 0. The zero-order valence-corrected chi connectivity index (χ0v) is 5.61. The first-order chi connectivity index (χ1) is 5.61. The van der Waals surface area contributed by atoms with Crippen LogP contribution in [0, 0.1) is 0 Å². The number of amidine groups is 2. The fourth-order valence-corrected chi connectivity index (χ4v) is 0.459. The van der Waals surface area contributed by atoms with Gasteiger partial charge in [0.15, 0.2) is 0 Å². The highest BCUT2D eigenvalue weighted by atomic mass is 16.4. The highest BCUT2D eigenvalue weighted by Gasteiger charge is 2.17. The van der Waals surface area contributed by atoms with Gasteiger partial charge in [-0.2, -0.15) is 0 Å². The van der Waals surface area contributed by atoms with Gasteiger partial charge in [0.1, 0.15) is 0 Å². The number of hydrazone groups is 2. The van der Waals surface area contributed by atoms with Crippen molar-refractivity contribution in [3.63, 3.8) is 0 Å². The van der Waals surface area contributed by atoms with Gasteiger partial charge in [0.05, 0.1) is 0 Å². The average Bonchev–Trinajstić information content (AvgIpc) is 2.04. The monoisotopic (exact) mass is 172 g/mol. The third-order valence-electron chi connectivity index (χ3n) is 0.952. The van der Waals surface area contributed by atoms with E-state index in [0.717, 1.165) is 0 Å². The van der Waals surface area contributed by atoms with Gasteiger partial charge in [-0.15, -0.1) is 10.2 Å². The molecule has 0 amide bonds. The van der Waals surface area contributed by atoms with E-state index in [2.05, 4.69) is 10.2 Å². The molecule has 8 heteroatoms. The third kappa shape index (κ3) is 1.48. The second-order valence-corrected chi connectivity index (χ2v) is 1.75. The molecular weight excluding hydrogens is 168 g/mol. The molecule has 0 atom stereocenters. The Hall–Kier alpha value is -2.12. The van der Waals surface area contributed by atoms with E-state index in [0.29, 0.717) is 0 Å². The standard InChI is InChI=1S/C4H4N4O4/c9-3(10)1-5-7-2(4(11)12)8-6-1/h(H,5,6)(H,7,8)(H,9,10)(H,11,12). The van der Waals surface area contributed by atoms with Crippen molar-refractivity contribution >= 4 is 23.6 Å². The van der Waals surface area contributed by atoms with Gasteiger partial charge in [0, 0.05) is 0 Å². The van der Waals surface area contributed by atoms with Crippen LogP contribution in [0.3, 0.4) is 0 Å². The highest BCUT2D eigenvalue weighted by Crippen LogP contribution is 1.83. The van der Waals surface area contributed by atoms with Gasteiger partial charge in [0.2, 0.25) is 0 Å². The molecule has 0 unspecified atom stereocenters.